The molecule has 0 aliphatic carbocycles. The smallest absolute Gasteiger partial charge is 0.271 e. The maximum atomic E-state index is 11.9. The molecule has 1 aliphatic rings. The molecular weight excluding hydrogens is 232 g/mol. The van der Waals surface area contributed by atoms with E-state index in [9.17, 15) is 4.79 Å². The molecule has 0 unspecified atom stereocenters. The molecule has 0 aromatic carbocycles. The van der Waals surface area contributed by atoms with Crippen LogP contribution in [-0.2, 0) is 11.3 Å². The summed E-state index contributed by atoms with van der Waals surface area (Å²) in [4.78, 5) is 15.9. The molecule has 3 N–H and O–H groups in total. The highest BCUT2D eigenvalue weighted by atomic mass is 16.5. The first-order valence-corrected chi connectivity index (χ1v) is 6.37. The fourth-order valence-corrected chi connectivity index (χ4v) is 2.03. The molecule has 6 nitrogen and oxygen atoms in total. The van der Waals surface area contributed by atoms with Crippen LogP contribution in [0, 0.1) is 5.92 Å². The SMILES string of the molecule is NCCn1cnc(C(=O)NCC2CCOCC2)c1. The van der Waals surface area contributed by atoms with Gasteiger partial charge in [0, 0.05) is 39.0 Å². The highest BCUT2D eigenvalue weighted by molar-refractivity contribution is 5.91. The summed E-state index contributed by atoms with van der Waals surface area (Å²) in [7, 11) is 0. The molecule has 0 spiro atoms. The number of nitrogens with two attached hydrogens (primary N) is 1. The van der Waals surface area contributed by atoms with Crippen molar-refractivity contribution in [2.45, 2.75) is 19.4 Å². The van der Waals surface area contributed by atoms with E-state index in [1.165, 1.54) is 0 Å². The first-order chi connectivity index (χ1) is 8.79. The van der Waals surface area contributed by atoms with Crippen LogP contribution >= 0.6 is 0 Å². The fourth-order valence-electron chi connectivity index (χ4n) is 2.03. The van der Waals surface area contributed by atoms with Gasteiger partial charge in [-0.3, -0.25) is 4.79 Å². The van der Waals surface area contributed by atoms with Crippen LogP contribution in [-0.4, -0.2) is 41.8 Å². The number of hydrogen-bond donors (Lipinski definition) is 2. The number of imidazole rings is 1. The van der Waals surface area contributed by atoms with Crippen molar-refractivity contribution in [2.75, 3.05) is 26.3 Å². The van der Waals surface area contributed by atoms with Gasteiger partial charge in [-0.15, -0.1) is 0 Å². The zero-order valence-electron chi connectivity index (χ0n) is 10.5. The Kier molecular flexibility index (Phi) is 4.72. The Bertz CT molecular complexity index is 385. The van der Waals surface area contributed by atoms with Crippen molar-refractivity contribution in [2.24, 2.45) is 11.7 Å². The third-order valence-electron chi connectivity index (χ3n) is 3.15. The predicted molar refractivity (Wildman–Crippen MR) is 67.2 cm³/mol. The lowest BCUT2D eigenvalue weighted by Gasteiger charge is -2.21. The van der Waals surface area contributed by atoms with Crippen molar-refractivity contribution in [3.63, 3.8) is 0 Å². The third kappa shape index (κ3) is 3.54. The van der Waals surface area contributed by atoms with Gasteiger partial charge in [0.25, 0.3) is 5.91 Å². The standard InChI is InChI=1S/C12H20N4O2/c13-3-4-16-8-11(15-9-16)12(17)14-7-10-1-5-18-6-2-10/h8-10H,1-7,13H2,(H,14,17). The maximum absolute atomic E-state index is 11.9. The van der Waals surface area contributed by atoms with E-state index >= 15 is 0 Å². The van der Waals surface area contributed by atoms with Crippen LogP contribution in [0.3, 0.4) is 0 Å². The molecule has 0 bridgehead atoms. The number of amides is 1. The zero-order valence-corrected chi connectivity index (χ0v) is 10.5. The van der Waals surface area contributed by atoms with Crippen LogP contribution < -0.4 is 11.1 Å². The van der Waals surface area contributed by atoms with Gasteiger partial charge in [-0.2, -0.15) is 0 Å². The number of nitrogens with zero attached hydrogens (tertiary/aromatic N) is 2. The lowest BCUT2D eigenvalue weighted by Crippen LogP contribution is -2.32. The van der Waals surface area contributed by atoms with Crippen molar-refractivity contribution >= 4 is 5.91 Å². The minimum absolute atomic E-state index is 0.114. The number of carbonyl (C=O) groups excluding carboxylic acids is 1. The molecule has 2 heterocycles. The van der Waals surface area contributed by atoms with E-state index in [1.807, 2.05) is 4.57 Å². The minimum Gasteiger partial charge on any atom is -0.381 e. The summed E-state index contributed by atoms with van der Waals surface area (Å²) in [6, 6.07) is 0. The number of ether oxygens (including phenoxy) is 1. The average Bonchev–Trinajstić information content (AvgIpc) is 2.86. The molecule has 1 aromatic heterocycles. The first kappa shape index (κ1) is 13.0. The molecule has 100 valence electrons. The summed E-state index contributed by atoms with van der Waals surface area (Å²) in [6.45, 7) is 3.52. The van der Waals surface area contributed by atoms with E-state index in [0.29, 0.717) is 31.2 Å². The summed E-state index contributed by atoms with van der Waals surface area (Å²) < 4.78 is 7.10. The summed E-state index contributed by atoms with van der Waals surface area (Å²) in [6.07, 6.45) is 5.40. The van der Waals surface area contributed by atoms with Crippen LogP contribution in [0.2, 0.25) is 0 Å². The number of carbonyl (C=O) groups is 1. The Morgan fingerprint density at radius 1 is 1.56 bits per heavy atom. The second-order valence-corrected chi connectivity index (χ2v) is 4.55. The average molecular weight is 252 g/mol. The lowest BCUT2D eigenvalue weighted by molar-refractivity contribution is 0.0642. The van der Waals surface area contributed by atoms with Gasteiger partial charge in [0.15, 0.2) is 0 Å². The van der Waals surface area contributed by atoms with Crippen LogP contribution in [0.25, 0.3) is 0 Å². The molecule has 1 aliphatic heterocycles. The molecule has 1 amide bonds. The monoisotopic (exact) mass is 252 g/mol. The van der Waals surface area contributed by atoms with E-state index in [1.54, 1.807) is 12.5 Å². The van der Waals surface area contributed by atoms with Gasteiger partial charge in [0.2, 0.25) is 0 Å². The summed E-state index contributed by atoms with van der Waals surface area (Å²) in [5.74, 6) is 0.408. The molecule has 0 atom stereocenters. The van der Waals surface area contributed by atoms with Gasteiger partial charge in [-0.25, -0.2) is 4.98 Å². The number of nitrogens with one attached hydrogen (secondary N) is 1. The van der Waals surface area contributed by atoms with Gasteiger partial charge in [-0.1, -0.05) is 0 Å². The van der Waals surface area contributed by atoms with E-state index < -0.39 is 0 Å². The Labute approximate surface area is 107 Å². The molecular formula is C12H20N4O2. The topological polar surface area (TPSA) is 82.2 Å². The Balaban J connectivity index is 1.79. The highest BCUT2D eigenvalue weighted by Gasteiger charge is 2.16. The van der Waals surface area contributed by atoms with Gasteiger partial charge in [-0.05, 0) is 18.8 Å². The zero-order chi connectivity index (χ0) is 12.8. The van der Waals surface area contributed by atoms with Crippen molar-refractivity contribution in [1.29, 1.82) is 0 Å². The summed E-state index contributed by atoms with van der Waals surface area (Å²) >= 11 is 0. The first-order valence-electron chi connectivity index (χ1n) is 6.37. The van der Waals surface area contributed by atoms with E-state index in [-0.39, 0.29) is 5.91 Å². The van der Waals surface area contributed by atoms with E-state index in [4.69, 9.17) is 10.5 Å². The Hall–Kier alpha value is -1.40. The molecule has 1 aromatic rings. The van der Waals surface area contributed by atoms with Crippen molar-refractivity contribution in [3.05, 3.63) is 18.2 Å². The maximum Gasteiger partial charge on any atom is 0.271 e. The number of aromatic nitrogens is 2. The van der Waals surface area contributed by atoms with Crippen molar-refractivity contribution in [3.8, 4) is 0 Å². The van der Waals surface area contributed by atoms with Crippen LogP contribution in [0.1, 0.15) is 23.3 Å². The molecule has 1 saturated heterocycles. The Morgan fingerprint density at radius 2 is 2.33 bits per heavy atom. The number of hydrogen-bond acceptors (Lipinski definition) is 4. The molecule has 1 fully saturated rings. The summed E-state index contributed by atoms with van der Waals surface area (Å²) in [5, 5.41) is 2.92. The van der Waals surface area contributed by atoms with Gasteiger partial charge in [0.1, 0.15) is 5.69 Å². The molecule has 0 radical (unpaired) electrons. The normalized spacial score (nSPS) is 16.7. The fraction of sp³-hybridized carbons (Fsp3) is 0.667. The van der Waals surface area contributed by atoms with E-state index in [2.05, 4.69) is 10.3 Å². The van der Waals surface area contributed by atoms with Crippen LogP contribution in [0.15, 0.2) is 12.5 Å². The molecule has 2 rings (SSSR count). The number of rotatable bonds is 5. The third-order valence-corrected chi connectivity index (χ3v) is 3.15. The van der Waals surface area contributed by atoms with E-state index in [0.717, 1.165) is 26.1 Å². The lowest BCUT2D eigenvalue weighted by atomic mass is 10.0. The minimum atomic E-state index is -0.114. The largest absolute Gasteiger partial charge is 0.381 e. The van der Waals surface area contributed by atoms with Crippen molar-refractivity contribution < 1.29 is 9.53 Å². The molecule has 18 heavy (non-hydrogen) atoms. The predicted octanol–water partition coefficient (Wildman–Crippen LogP) is -0.00180. The molecule has 6 heteroatoms. The quantitative estimate of drug-likeness (QED) is 0.772. The highest BCUT2D eigenvalue weighted by Crippen LogP contribution is 2.13. The second-order valence-electron chi connectivity index (χ2n) is 4.55. The van der Waals surface area contributed by atoms with Crippen LogP contribution in [0.4, 0.5) is 0 Å². The Morgan fingerprint density at radius 3 is 3.06 bits per heavy atom. The van der Waals surface area contributed by atoms with Crippen molar-refractivity contribution in [1.82, 2.24) is 14.9 Å². The summed E-state index contributed by atoms with van der Waals surface area (Å²) in [5.41, 5.74) is 5.90. The van der Waals surface area contributed by atoms with Gasteiger partial charge in [0.05, 0.1) is 6.33 Å². The van der Waals surface area contributed by atoms with Gasteiger partial charge >= 0.3 is 0 Å². The van der Waals surface area contributed by atoms with Crippen LogP contribution in [0.5, 0.6) is 0 Å². The van der Waals surface area contributed by atoms with Gasteiger partial charge < -0.3 is 20.4 Å². The molecule has 0 saturated carbocycles. The second kappa shape index (κ2) is 6.51.